The Morgan fingerprint density at radius 1 is 1.00 bits per heavy atom. The van der Waals surface area contributed by atoms with Gasteiger partial charge in [-0.25, -0.2) is 0 Å². The van der Waals surface area contributed by atoms with Crippen molar-refractivity contribution in [3.63, 3.8) is 0 Å². The highest BCUT2D eigenvalue weighted by atomic mass is 16.5. The van der Waals surface area contributed by atoms with Gasteiger partial charge in [-0.3, -0.25) is 4.98 Å². The van der Waals surface area contributed by atoms with Gasteiger partial charge < -0.3 is 14.6 Å². The molecule has 0 atom stereocenters. The van der Waals surface area contributed by atoms with Crippen molar-refractivity contribution >= 4 is 5.69 Å². The standard InChI is InChI=1S/C21H18N4O2/c1-26-19-12-17(9-10-18(19)23-14-15-6-5-11-22-13-15)20-24-21(27-25-20)16-7-3-2-4-8-16/h2-13,23H,14H2,1H3. The highest BCUT2D eigenvalue weighted by Gasteiger charge is 2.13. The highest BCUT2D eigenvalue weighted by molar-refractivity contribution is 5.68. The first kappa shape index (κ1) is 16.8. The van der Waals surface area contributed by atoms with E-state index in [1.54, 1.807) is 13.3 Å². The number of ether oxygens (including phenoxy) is 1. The molecule has 0 aliphatic rings. The fraction of sp³-hybridized carbons (Fsp3) is 0.0952. The lowest BCUT2D eigenvalue weighted by Crippen LogP contribution is -2.01. The van der Waals surface area contributed by atoms with Crippen LogP contribution in [0.25, 0.3) is 22.8 Å². The molecule has 0 fully saturated rings. The zero-order chi connectivity index (χ0) is 18.5. The summed E-state index contributed by atoms with van der Waals surface area (Å²) in [5, 5.41) is 7.45. The van der Waals surface area contributed by atoms with Crippen LogP contribution in [0.5, 0.6) is 5.75 Å². The third-order valence-corrected chi connectivity index (χ3v) is 4.11. The minimum Gasteiger partial charge on any atom is -0.495 e. The van der Waals surface area contributed by atoms with Gasteiger partial charge in [0.05, 0.1) is 12.8 Å². The third-order valence-electron chi connectivity index (χ3n) is 4.11. The number of pyridine rings is 1. The average molecular weight is 358 g/mol. The van der Waals surface area contributed by atoms with Gasteiger partial charge in [0.25, 0.3) is 5.89 Å². The number of rotatable bonds is 6. The Hall–Kier alpha value is -3.67. The Morgan fingerprint density at radius 3 is 2.67 bits per heavy atom. The summed E-state index contributed by atoms with van der Waals surface area (Å²) in [5.74, 6) is 1.72. The number of methoxy groups -OCH3 is 1. The molecule has 2 aromatic heterocycles. The molecular formula is C21H18N4O2. The summed E-state index contributed by atoms with van der Waals surface area (Å²) in [7, 11) is 1.64. The summed E-state index contributed by atoms with van der Waals surface area (Å²) < 4.78 is 10.9. The number of anilines is 1. The summed E-state index contributed by atoms with van der Waals surface area (Å²) in [6.45, 7) is 0.657. The molecule has 27 heavy (non-hydrogen) atoms. The van der Waals surface area contributed by atoms with Crippen molar-refractivity contribution in [2.75, 3.05) is 12.4 Å². The quantitative estimate of drug-likeness (QED) is 0.550. The normalized spacial score (nSPS) is 10.6. The van der Waals surface area contributed by atoms with E-state index in [1.165, 1.54) is 0 Å². The van der Waals surface area contributed by atoms with Crippen LogP contribution in [0.1, 0.15) is 5.56 Å². The number of aromatic nitrogens is 3. The molecular weight excluding hydrogens is 340 g/mol. The monoisotopic (exact) mass is 358 g/mol. The van der Waals surface area contributed by atoms with Gasteiger partial charge >= 0.3 is 0 Å². The molecule has 0 spiro atoms. The Balaban J connectivity index is 1.55. The topological polar surface area (TPSA) is 73.1 Å². The first-order valence-corrected chi connectivity index (χ1v) is 8.54. The molecule has 0 saturated heterocycles. The van der Waals surface area contributed by atoms with E-state index >= 15 is 0 Å². The largest absolute Gasteiger partial charge is 0.495 e. The van der Waals surface area contributed by atoms with Crippen molar-refractivity contribution in [2.45, 2.75) is 6.54 Å². The maximum atomic E-state index is 5.52. The van der Waals surface area contributed by atoms with Gasteiger partial charge in [-0.05, 0) is 42.0 Å². The first-order chi connectivity index (χ1) is 13.3. The number of benzene rings is 2. The van der Waals surface area contributed by atoms with E-state index in [1.807, 2.05) is 66.9 Å². The molecule has 4 rings (SSSR count). The maximum absolute atomic E-state index is 5.52. The van der Waals surface area contributed by atoms with Crippen LogP contribution in [0.3, 0.4) is 0 Å². The molecule has 6 heteroatoms. The van der Waals surface area contributed by atoms with E-state index in [-0.39, 0.29) is 0 Å². The Kier molecular flexibility index (Phi) is 4.78. The van der Waals surface area contributed by atoms with Crippen LogP contribution < -0.4 is 10.1 Å². The van der Waals surface area contributed by atoms with Crippen molar-refractivity contribution in [3.8, 4) is 28.6 Å². The fourth-order valence-electron chi connectivity index (χ4n) is 2.72. The van der Waals surface area contributed by atoms with Crippen molar-refractivity contribution < 1.29 is 9.26 Å². The van der Waals surface area contributed by atoms with E-state index in [0.29, 0.717) is 24.0 Å². The van der Waals surface area contributed by atoms with Crippen LogP contribution in [0.4, 0.5) is 5.69 Å². The van der Waals surface area contributed by atoms with Gasteiger partial charge in [0, 0.05) is 30.1 Å². The van der Waals surface area contributed by atoms with Crippen molar-refractivity contribution in [1.29, 1.82) is 0 Å². The van der Waals surface area contributed by atoms with Crippen LogP contribution in [0.2, 0.25) is 0 Å². The first-order valence-electron chi connectivity index (χ1n) is 8.54. The summed E-state index contributed by atoms with van der Waals surface area (Å²) in [5.41, 5.74) is 3.69. The Labute approximate surface area is 156 Å². The van der Waals surface area contributed by atoms with Crippen molar-refractivity contribution in [3.05, 3.63) is 78.6 Å². The van der Waals surface area contributed by atoms with Crippen LogP contribution >= 0.6 is 0 Å². The van der Waals surface area contributed by atoms with E-state index in [0.717, 1.165) is 22.4 Å². The zero-order valence-electron chi connectivity index (χ0n) is 14.8. The van der Waals surface area contributed by atoms with Gasteiger partial charge in [0.2, 0.25) is 5.82 Å². The number of hydrogen-bond donors (Lipinski definition) is 1. The number of nitrogens with one attached hydrogen (secondary N) is 1. The summed E-state index contributed by atoms with van der Waals surface area (Å²) in [6.07, 6.45) is 3.59. The van der Waals surface area contributed by atoms with Crippen LogP contribution in [0, 0.1) is 0 Å². The van der Waals surface area contributed by atoms with E-state index in [4.69, 9.17) is 9.26 Å². The molecule has 1 N–H and O–H groups in total. The molecule has 6 nitrogen and oxygen atoms in total. The molecule has 4 aromatic rings. The molecule has 0 amide bonds. The molecule has 2 aromatic carbocycles. The fourth-order valence-corrected chi connectivity index (χ4v) is 2.72. The SMILES string of the molecule is COc1cc(-c2noc(-c3ccccc3)n2)ccc1NCc1cccnc1. The Morgan fingerprint density at radius 2 is 1.89 bits per heavy atom. The minimum absolute atomic E-state index is 0.489. The van der Waals surface area contributed by atoms with E-state index < -0.39 is 0 Å². The summed E-state index contributed by atoms with van der Waals surface area (Å²) in [4.78, 5) is 8.61. The van der Waals surface area contributed by atoms with Crippen LogP contribution in [-0.2, 0) is 6.54 Å². The lowest BCUT2D eigenvalue weighted by molar-refractivity contribution is 0.416. The molecule has 0 aliphatic carbocycles. The van der Waals surface area contributed by atoms with Gasteiger partial charge in [0.15, 0.2) is 0 Å². The molecule has 0 radical (unpaired) electrons. The maximum Gasteiger partial charge on any atom is 0.258 e. The Bertz CT molecular complexity index is 1020. The van der Waals surface area contributed by atoms with E-state index in [9.17, 15) is 0 Å². The molecule has 0 saturated carbocycles. The van der Waals surface area contributed by atoms with Gasteiger partial charge in [-0.2, -0.15) is 4.98 Å². The molecule has 0 aliphatic heterocycles. The smallest absolute Gasteiger partial charge is 0.258 e. The zero-order valence-corrected chi connectivity index (χ0v) is 14.8. The number of nitrogens with zero attached hydrogens (tertiary/aromatic N) is 3. The lowest BCUT2D eigenvalue weighted by Gasteiger charge is -2.12. The molecule has 2 heterocycles. The van der Waals surface area contributed by atoms with Crippen molar-refractivity contribution in [2.24, 2.45) is 0 Å². The summed E-state index contributed by atoms with van der Waals surface area (Å²) in [6, 6.07) is 19.4. The van der Waals surface area contributed by atoms with Gasteiger partial charge in [-0.15, -0.1) is 0 Å². The van der Waals surface area contributed by atoms with Crippen molar-refractivity contribution in [1.82, 2.24) is 15.1 Å². The second-order valence-electron chi connectivity index (χ2n) is 5.92. The van der Waals surface area contributed by atoms with Crippen LogP contribution in [-0.4, -0.2) is 22.2 Å². The molecule has 0 unspecified atom stereocenters. The number of hydrogen-bond acceptors (Lipinski definition) is 6. The molecule has 134 valence electrons. The van der Waals surface area contributed by atoms with Crippen LogP contribution in [0.15, 0.2) is 77.6 Å². The summed E-state index contributed by atoms with van der Waals surface area (Å²) >= 11 is 0. The second kappa shape index (κ2) is 7.70. The van der Waals surface area contributed by atoms with Gasteiger partial charge in [0.1, 0.15) is 5.75 Å². The minimum atomic E-state index is 0.489. The molecule has 0 bridgehead atoms. The highest BCUT2D eigenvalue weighted by Crippen LogP contribution is 2.31. The average Bonchev–Trinajstić information content (AvgIpc) is 3.24. The lowest BCUT2D eigenvalue weighted by atomic mass is 10.1. The third kappa shape index (κ3) is 3.79. The predicted molar refractivity (Wildman–Crippen MR) is 103 cm³/mol. The second-order valence-corrected chi connectivity index (χ2v) is 5.92. The van der Waals surface area contributed by atoms with Gasteiger partial charge in [-0.1, -0.05) is 29.4 Å². The van der Waals surface area contributed by atoms with E-state index in [2.05, 4.69) is 20.4 Å². The predicted octanol–water partition coefficient (Wildman–Crippen LogP) is 4.42.